The molecule has 4 rings (SSSR count). The average molecular weight is 412 g/mol. The Labute approximate surface area is 157 Å². The predicted octanol–water partition coefficient (Wildman–Crippen LogP) is 2.75. The van der Waals surface area contributed by atoms with E-state index < -0.39 is 11.6 Å². The Bertz CT molecular complexity index is 1030. The van der Waals surface area contributed by atoms with Gasteiger partial charge in [-0.15, -0.1) is 0 Å². The summed E-state index contributed by atoms with van der Waals surface area (Å²) in [7, 11) is 0. The van der Waals surface area contributed by atoms with Gasteiger partial charge in [-0.25, -0.2) is 4.79 Å². The Morgan fingerprint density at radius 1 is 1.15 bits per heavy atom. The van der Waals surface area contributed by atoms with Crippen molar-refractivity contribution in [2.75, 3.05) is 0 Å². The molecule has 0 spiro atoms. The first-order chi connectivity index (χ1) is 12.5. The summed E-state index contributed by atoms with van der Waals surface area (Å²) in [6.07, 6.45) is 6.19. The maximum absolute atomic E-state index is 13.0. The highest BCUT2D eigenvalue weighted by atomic mass is 79.9. The Hall–Kier alpha value is -2.87. The molecule has 7 nitrogen and oxygen atoms in total. The summed E-state index contributed by atoms with van der Waals surface area (Å²) in [5, 5.41) is 3.66. The van der Waals surface area contributed by atoms with Crippen molar-refractivity contribution in [1.82, 2.24) is 25.2 Å². The van der Waals surface area contributed by atoms with E-state index >= 15 is 0 Å². The zero-order valence-electron chi connectivity index (χ0n) is 13.8. The maximum atomic E-state index is 13.0. The van der Waals surface area contributed by atoms with Crippen LogP contribution >= 0.6 is 15.9 Å². The number of benzene rings is 1. The van der Waals surface area contributed by atoms with Crippen molar-refractivity contribution >= 4 is 38.8 Å². The van der Waals surface area contributed by atoms with Gasteiger partial charge in [-0.3, -0.25) is 24.6 Å². The zero-order valence-corrected chi connectivity index (χ0v) is 15.4. The third-order valence-electron chi connectivity index (χ3n) is 4.48. The molecule has 0 radical (unpaired) electrons. The first kappa shape index (κ1) is 16.6. The molecule has 0 aliphatic carbocycles. The van der Waals surface area contributed by atoms with Gasteiger partial charge in [0.2, 0.25) is 0 Å². The molecule has 0 bridgehead atoms. The van der Waals surface area contributed by atoms with Crippen LogP contribution in [0.3, 0.4) is 0 Å². The first-order valence-electron chi connectivity index (χ1n) is 7.93. The zero-order chi connectivity index (χ0) is 18.3. The van der Waals surface area contributed by atoms with E-state index in [1.807, 2.05) is 24.3 Å². The summed E-state index contributed by atoms with van der Waals surface area (Å²) in [6.45, 7) is 1.76. The summed E-state index contributed by atoms with van der Waals surface area (Å²) < 4.78 is 0.908. The lowest BCUT2D eigenvalue weighted by molar-refractivity contribution is -0.131. The fraction of sp³-hybridized carbons (Fsp3) is 0.167. The molecule has 1 aliphatic rings. The van der Waals surface area contributed by atoms with Crippen LogP contribution in [0, 0.1) is 0 Å². The Kier molecular flexibility index (Phi) is 3.91. The molecule has 130 valence electrons. The fourth-order valence-corrected chi connectivity index (χ4v) is 3.52. The molecule has 1 aliphatic heterocycles. The van der Waals surface area contributed by atoms with E-state index in [-0.39, 0.29) is 12.5 Å². The van der Waals surface area contributed by atoms with Gasteiger partial charge in [-0.2, -0.15) is 0 Å². The van der Waals surface area contributed by atoms with Gasteiger partial charge in [0.15, 0.2) is 5.54 Å². The molecule has 1 fully saturated rings. The van der Waals surface area contributed by atoms with Crippen molar-refractivity contribution in [3.63, 3.8) is 0 Å². The van der Waals surface area contributed by atoms with Crippen molar-refractivity contribution in [1.29, 1.82) is 0 Å². The largest absolute Gasteiger partial charge is 0.325 e. The summed E-state index contributed by atoms with van der Waals surface area (Å²) in [5.74, 6) is -0.366. The van der Waals surface area contributed by atoms with Crippen molar-refractivity contribution in [3.8, 4) is 0 Å². The van der Waals surface area contributed by atoms with E-state index in [1.54, 1.807) is 13.1 Å². The molecule has 1 atom stereocenters. The van der Waals surface area contributed by atoms with E-state index in [0.29, 0.717) is 5.69 Å². The first-order valence-corrected chi connectivity index (χ1v) is 8.73. The lowest BCUT2D eigenvalue weighted by atomic mass is 9.98. The van der Waals surface area contributed by atoms with Crippen LogP contribution in [-0.2, 0) is 16.9 Å². The van der Waals surface area contributed by atoms with E-state index in [9.17, 15) is 9.59 Å². The van der Waals surface area contributed by atoms with Gasteiger partial charge < -0.3 is 5.32 Å². The Balaban J connectivity index is 1.71. The van der Waals surface area contributed by atoms with Crippen LogP contribution in [0.25, 0.3) is 10.9 Å². The number of halogens is 1. The molecule has 1 N–H and O–H groups in total. The third kappa shape index (κ3) is 2.53. The number of hydrogen-bond acceptors (Lipinski definition) is 5. The number of nitrogens with one attached hydrogen (secondary N) is 1. The number of amides is 3. The summed E-state index contributed by atoms with van der Waals surface area (Å²) in [4.78, 5) is 39.3. The summed E-state index contributed by atoms with van der Waals surface area (Å²) in [5.41, 5.74) is 0.704. The number of hydrogen-bond donors (Lipinski definition) is 1. The van der Waals surface area contributed by atoms with Crippen molar-refractivity contribution in [3.05, 3.63) is 64.8 Å². The molecule has 0 saturated carbocycles. The molecule has 3 heterocycles. The Morgan fingerprint density at radius 2 is 2.00 bits per heavy atom. The minimum absolute atomic E-state index is 0.126. The van der Waals surface area contributed by atoms with Crippen molar-refractivity contribution < 1.29 is 9.59 Å². The minimum Gasteiger partial charge on any atom is -0.318 e. The number of nitrogens with zero attached hydrogens (tertiary/aromatic N) is 4. The van der Waals surface area contributed by atoms with Gasteiger partial charge >= 0.3 is 6.03 Å². The number of carbonyl (C=O) groups excluding carboxylic acids is 2. The monoisotopic (exact) mass is 411 g/mol. The molecule has 1 saturated heterocycles. The second-order valence-electron chi connectivity index (χ2n) is 6.14. The maximum Gasteiger partial charge on any atom is 0.325 e. The second-order valence-corrected chi connectivity index (χ2v) is 7.00. The number of pyridine rings is 1. The predicted molar refractivity (Wildman–Crippen MR) is 97.9 cm³/mol. The second kappa shape index (κ2) is 6.14. The van der Waals surface area contributed by atoms with Crippen molar-refractivity contribution in [2.24, 2.45) is 0 Å². The molecular weight excluding hydrogens is 398 g/mol. The number of carbonyl (C=O) groups is 2. The van der Waals surface area contributed by atoms with Crippen LogP contribution in [0.1, 0.15) is 18.2 Å². The highest BCUT2D eigenvalue weighted by Gasteiger charge is 2.50. The summed E-state index contributed by atoms with van der Waals surface area (Å²) in [6, 6.07) is 7.06. The van der Waals surface area contributed by atoms with Crippen LogP contribution in [0.5, 0.6) is 0 Å². The van der Waals surface area contributed by atoms with Crippen LogP contribution in [-0.4, -0.2) is 31.8 Å². The van der Waals surface area contributed by atoms with Crippen molar-refractivity contribution in [2.45, 2.75) is 19.0 Å². The number of fused-ring (bicyclic) bond motifs is 1. The summed E-state index contributed by atoms with van der Waals surface area (Å²) >= 11 is 3.50. The molecular formula is C18H14BrN5O2. The molecule has 3 aromatic rings. The van der Waals surface area contributed by atoms with Crippen LogP contribution in [0.4, 0.5) is 4.79 Å². The highest BCUT2D eigenvalue weighted by Crippen LogP contribution is 2.30. The van der Waals surface area contributed by atoms with Crippen LogP contribution in [0.15, 0.2) is 53.5 Å². The standard InChI is InChI=1S/C18H14BrN5O2/c1-18(14-9-20-7-8-21-14)16(25)24(17(26)23-18)10-11-4-5-13(19)12-3-2-6-22-15(11)12/h2-9H,10H2,1H3,(H,23,26)/t18-/m1/s1. The fourth-order valence-electron chi connectivity index (χ4n) is 3.07. The van der Waals surface area contributed by atoms with Crippen LogP contribution in [0.2, 0.25) is 0 Å². The number of urea groups is 1. The Morgan fingerprint density at radius 3 is 2.77 bits per heavy atom. The van der Waals surface area contributed by atoms with Gasteiger partial charge in [-0.05, 0) is 24.6 Å². The number of aromatic nitrogens is 3. The van der Waals surface area contributed by atoms with Gasteiger partial charge in [-0.1, -0.05) is 28.1 Å². The average Bonchev–Trinajstić information content (AvgIpc) is 2.89. The molecule has 8 heteroatoms. The van der Waals surface area contributed by atoms with E-state index in [0.717, 1.165) is 20.9 Å². The molecule has 26 heavy (non-hydrogen) atoms. The highest BCUT2D eigenvalue weighted by molar-refractivity contribution is 9.10. The number of imide groups is 1. The van der Waals surface area contributed by atoms with Gasteiger partial charge in [0.05, 0.1) is 24.0 Å². The van der Waals surface area contributed by atoms with E-state index in [2.05, 4.69) is 36.2 Å². The van der Waals surface area contributed by atoms with E-state index in [1.165, 1.54) is 23.5 Å². The van der Waals surface area contributed by atoms with Gasteiger partial charge in [0.1, 0.15) is 0 Å². The normalized spacial score (nSPS) is 19.8. The van der Waals surface area contributed by atoms with Gasteiger partial charge in [0.25, 0.3) is 5.91 Å². The quantitative estimate of drug-likeness (QED) is 0.669. The SMILES string of the molecule is C[C@]1(c2cnccn2)NC(=O)N(Cc2ccc(Br)c3cccnc23)C1=O. The molecule has 0 unspecified atom stereocenters. The lowest BCUT2D eigenvalue weighted by Crippen LogP contribution is -2.41. The van der Waals surface area contributed by atoms with Gasteiger partial charge in [0, 0.05) is 28.4 Å². The molecule has 1 aromatic carbocycles. The topological polar surface area (TPSA) is 88.1 Å². The smallest absolute Gasteiger partial charge is 0.318 e. The van der Waals surface area contributed by atoms with Crippen LogP contribution < -0.4 is 5.32 Å². The minimum atomic E-state index is -1.23. The lowest BCUT2D eigenvalue weighted by Gasteiger charge is -2.20. The number of rotatable bonds is 3. The molecule has 3 amide bonds. The van der Waals surface area contributed by atoms with E-state index in [4.69, 9.17) is 0 Å². The third-order valence-corrected chi connectivity index (χ3v) is 5.17. The molecule has 2 aromatic heterocycles.